The van der Waals surface area contributed by atoms with Crippen molar-refractivity contribution in [2.75, 3.05) is 37.6 Å². The second kappa shape index (κ2) is 10.6. The molecule has 1 atom stereocenters. The van der Waals surface area contributed by atoms with Gasteiger partial charge >= 0.3 is 0 Å². The Labute approximate surface area is 175 Å². The fourth-order valence-corrected chi connectivity index (χ4v) is 3.41. The number of para-hydroxylation sites is 1. The van der Waals surface area contributed by atoms with Crippen LogP contribution in [0.15, 0.2) is 53.5 Å². The van der Waals surface area contributed by atoms with Crippen molar-refractivity contribution in [2.45, 2.75) is 19.4 Å². The first kappa shape index (κ1) is 21.5. The molecule has 1 saturated heterocycles. The van der Waals surface area contributed by atoms with Crippen LogP contribution < -0.4 is 20.9 Å². The highest BCUT2D eigenvalue weighted by atomic mass is 19.1. The number of nitrogens with one attached hydrogen (secondary N) is 3. The number of carbonyl (C=O) groups excluding carboxylic acids is 1. The Kier molecular flexibility index (Phi) is 7.59. The molecule has 0 radical (unpaired) electrons. The van der Waals surface area contributed by atoms with Gasteiger partial charge in [0, 0.05) is 37.8 Å². The van der Waals surface area contributed by atoms with Gasteiger partial charge in [-0.3, -0.25) is 9.79 Å². The highest BCUT2D eigenvalue weighted by molar-refractivity contribution is 5.94. The number of guanidine groups is 1. The highest BCUT2D eigenvalue weighted by Crippen LogP contribution is 2.26. The number of hydrogen-bond acceptors (Lipinski definition) is 3. The number of rotatable bonds is 7. The molecule has 1 aliphatic rings. The summed E-state index contributed by atoms with van der Waals surface area (Å²) in [6.45, 7) is 4.49. The van der Waals surface area contributed by atoms with Crippen LogP contribution >= 0.6 is 0 Å². The number of amides is 1. The van der Waals surface area contributed by atoms with E-state index in [2.05, 4.69) is 20.9 Å². The lowest BCUT2D eigenvalue weighted by Crippen LogP contribution is -2.45. The van der Waals surface area contributed by atoms with Gasteiger partial charge in [-0.1, -0.05) is 24.3 Å². The molecule has 3 rings (SSSR count). The molecular weight excluding hydrogens is 388 g/mol. The zero-order chi connectivity index (χ0) is 21.3. The topological polar surface area (TPSA) is 68.8 Å². The van der Waals surface area contributed by atoms with E-state index in [9.17, 15) is 13.6 Å². The normalized spacial score (nSPS) is 16.4. The molecule has 0 spiro atoms. The fourth-order valence-electron chi connectivity index (χ4n) is 3.41. The summed E-state index contributed by atoms with van der Waals surface area (Å²) in [5, 5.41) is 9.32. The van der Waals surface area contributed by atoms with Gasteiger partial charge in [0.2, 0.25) is 0 Å². The van der Waals surface area contributed by atoms with Crippen LogP contribution in [0.3, 0.4) is 0 Å². The summed E-state index contributed by atoms with van der Waals surface area (Å²) in [5.74, 6) is -0.620. The van der Waals surface area contributed by atoms with E-state index in [0.717, 1.165) is 6.42 Å². The van der Waals surface area contributed by atoms with Crippen molar-refractivity contribution in [3.63, 3.8) is 0 Å². The molecule has 1 fully saturated rings. The number of anilines is 1. The van der Waals surface area contributed by atoms with E-state index in [1.165, 1.54) is 18.2 Å². The Bertz CT molecular complexity index is 855. The molecule has 0 aromatic heterocycles. The molecule has 2 aromatic rings. The first-order chi connectivity index (χ1) is 14.6. The second-order valence-electron chi connectivity index (χ2n) is 7.03. The van der Waals surface area contributed by atoms with Gasteiger partial charge < -0.3 is 20.9 Å². The standard InChI is InChI=1S/C22H27F2N5O/c1-2-25-22(27-13-12-26-21(30)16-7-4-3-5-8-16)28-17-11-14-29(15-17)20-18(23)9-6-10-19(20)24/h3-10,17H,2,11-15H2,1H3,(H,26,30)(H2,25,27,28). The smallest absolute Gasteiger partial charge is 0.251 e. The van der Waals surface area contributed by atoms with Crippen LogP contribution in [0.1, 0.15) is 23.7 Å². The van der Waals surface area contributed by atoms with Gasteiger partial charge in [0.25, 0.3) is 5.91 Å². The van der Waals surface area contributed by atoms with Gasteiger partial charge in [0.15, 0.2) is 5.96 Å². The lowest BCUT2D eigenvalue weighted by Gasteiger charge is -2.21. The van der Waals surface area contributed by atoms with Crippen molar-refractivity contribution in [3.05, 3.63) is 65.7 Å². The molecule has 160 valence electrons. The average molecular weight is 415 g/mol. The van der Waals surface area contributed by atoms with Gasteiger partial charge in [-0.15, -0.1) is 0 Å². The van der Waals surface area contributed by atoms with Crippen LogP contribution in [0.5, 0.6) is 0 Å². The fraction of sp³-hybridized carbons (Fsp3) is 0.364. The van der Waals surface area contributed by atoms with E-state index >= 15 is 0 Å². The Morgan fingerprint density at radius 1 is 1.10 bits per heavy atom. The van der Waals surface area contributed by atoms with Crippen molar-refractivity contribution in [1.29, 1.82) is 0 Å². The van der Waals surface area contributed by atoms with Crippen molar-refractivity contribution >= 4 is 17.6 Å². The summed E-state index contributed by atoms with van der Waals surface area (Å²) < 4.78 is 28.1. The van der Waals surface area contributed by atoms with Crippen LogP contribution in [0, 0.1) is 11.6 Å². The zero-order valence-electron chi connectivity index (χ0n) is 17.0. The first-order valence-electron chi connectivity index (χ1n) is 10.2. The summed E-state index contributed by atoms with van der Waals surface area (Å²) >= 11 is 0. The van der Waals surface area contributed by atoms with Crippen LogP contribution in [-0.4, -0.2) is 50.6 Å². The minimum absolute atomic E-state index is 0.0146. The molecule has 30 heavy (non-hydrogen) atoms. The molecule has 0 bridgehead atoms. The Morgan fingerprint density at radius 2 is 1.83 bits per heavy atom. The molecule has 0 saturated carbocycles. The van der Waals surface area contributed by atoms with E-state index in [1.54, 1.807) is 17.0 Å². The van der Waals surface area contributed by atoms with Crippen LogP contribution in [0.2, 0.25) is 0 Å². The van der Waals surface area contributed by atoms with Crippen molar-refractivity contribution < 1.29 is 13.6 Å². The number of nitrogens with zero attached hydrogens (tertiary/aromatic N) is 2. The Hall–Kier alpha value is -3.16. The molecule has 1 aliphatic heterocycles. The average Bonchev–Trinajstić information content (AvgIpc) is 3.19. The maximum Gasteiger partial charge on any atom is 0.251 e. The molecule has 1 heterocycles. The SMILES string of the molecule is CCNC(=NCCNC(=O)c1ccccc1)NC1CCN(c2c(F)cccc2F)C1. The second-order valence-corrected chi connectivity index (χ2v) is 7.03. The third-order valence-electron chi connectivity index (χ3n) is 4.83. The highest BCUT2D eigenvalue weighted by Gasteiger charge is 2.27. The third-order valence-corrected chi connectivity index (χ3v) is 4.83. The lowest BCUT2D eigenvalue weighted by molar-refractivity contribution is 0.0955. The third kappa shape index (κ3) is 5.68. The molecule has 6 nitrogen and oxygen atoms in total. The van der Waals surface area contributed by atoms with E-state index in [4.69, 9.17) is 0 Å². The van der Waals surface area contributed by atoms with Gasteiger partial charge in [-0.25, -0.2) is 8.78 Å². The summed E-state index contributed by atoms with van der Waals surface area (Å²) in [5.41, 5.74) is 0.630. The van der Waals surface area contributed by atoms with E-state index in [-0.39, 0.29) is 17.6 Å². The monoisotopic (exact) mass is 415 g/mol. The van der Waals surface area contributed by atoms with Crippen molar-refractivity contribution in [2.24, 2.45) is 4.99 Å². The molecule has 1 unspecified atom stereocenters. The maximum absolute atomic E-state index is 14.0. The van der Waals surface area contributed by atoms with Crippen molar-refractivity contribution in [3.8, 4) is 0 Å². The maximum atomic E-state index is 14.0. The number of hydrogen-bond donors (Lipinski definition) is 3. The number of benzene rings is 2. The first-order valence-corrected chi connectivity index (χ1v) is 10.2. The summed E-state index contributed by atoms with van der Waals surface area (Å²) in [4.78, 5) is 18.3. The van der Waals surface area contributed by atoms with E-state index in [1.807, 2.05) is 25.1 Å². The summed E-state index contributed by atoms with van der Waals surface area (Å²) in [7, 11) is 0. The minimum atomic E-state index is -0.551. The quantitative estimate of drug-likeness (QED) is 0.369. The number of halogens is 2. The van der Waals surface area contributed by atoms with E-state index < -0.39 is 11.6 Å². The van der Waals surface area contributed by atoms with Gasteiger partial charge in [0.1, 0.15) is 17.3 Å². The number of carbonyl (C=O) groups is 1. The van der Waals surface area contributed by atoms with Gasteiger partial charge in [-0.2, -0.15) is 0 Å². The molecule has 1 amide bonds. The Morgan fingerprint density at radius 3 is 2.53 bits per heavy atom. The molecule has 3 N–H and O–H groups in total. The molecular formula is C22H27F2N5O. The predicted octanol–water partition coefficient (Wildman–Crippen LogP) is 2.53. The lowest BCUT2D eigenvalue weighted by atomic mass is 10.2. The Balaban J connectivity index is 1.51. The molecule has 2 aromatic carbocycles. The van der Waals surface area contributed by atoms with Crippen molar-refractivity contribution in [1.82, 2.24) is 16.0 Å². The minimum Gasteiger partial charge on any atom is -0.365 e. The van der Waals surface area contributed by atoms with Crippen LogP contribution in [0.25, 0.3) is 0 Å². The van der Waals surface area contributed by atoms with Gasteiger partial charge in [-0.05, 0) is 37.6 Å². The zero-order valence-corrected chi connectivity index (χ0v) is 17.0. The van der Waals surface area contributed by atoms with E-state index in [0.29, 0.717) is 44.2 Å². The molecule has 8 heteroatoms. The van der Waals surface area contributed by atoms with Crippen LogP contribution in [0.4, 0.5) is 14.5 Å². The van der Waals surface area contributed by atoms with Gasteiger partial charge in [0.05, 0.1) is 6.54 Å². The molecule has 0 aliphatic carbocycles. The summed E-state index contributed by atoms with van der Waals surface area (Å²) in [6, 6.07) is 12.9. The predicted molar refractivity (Wildman–Crippen MR) is 115 cm³/mol. The number of aliphatic imine (C=N–C) groups is 1. The largest absolute Gasteiger partial charge is 0.365 e. The summed E-state index contributed by atoms with van der Waals surface area (Å²) in [6.07, 6.45) is 0.739. The van der Waals surface area contributed by atoms with Crippen LogP contribution in [-0.2, 0) is 0 Å².